The Balaban J connectivity index is 0.00000301. The number of allylic oxidation sites excluding steroid dienone is 2. The van der Waals surface area contributed by atoms with Crippen LogP contribution in [0.4, 0.5) is 0 Å². The number of aryl methyl sites for hydroxylation is 4. The summed E-state index contributed by atoms with van der Waals surface area (Å²) < 4.78 is 1.50. The summed E-state index contributed by atoms with van der Waals surface area (Å²) in [5.41, 5.74) is 26.3. The maximum atomic E-state index is 12.2. The van der Waals surface area contributed by atoms with Gasteiger partial charge in [-0.1, -0.05) is 112 Å². The molecule has 1 heterocycles. The molecule has 0 amide bonds. The van der Waals surface area contributed by atoms with Gasteiger partial charge in [0.1, 0.15) is 5.57 Å². The number of benzene rings is 2. The van der Waals surface area contributed by atoms with Crippen molar-refractivity contribution < 1.29 is 19.1 Å². The molecule has 0 saturated carbocycles. The molecule has 0 aromatic heterocycles. The summed E-state index contributed by atoms with van der Waals surface area (Å²) >= 11 is 1.62. The summed E-state index contributed by atoms with van der Waals surface area (Å²) in [6, 6.07) is 9.66. The van der Waals surface area contributed by atoms with E-state index in [1.807, 2.05) is 6.92 Å². The van der Waals surface area contributed by atoms with E-state index < -0.39 is 0 Å². The van der Waals surface area contributed by atoms with E-state index in [0.29, 0.717) is 0 Å². The van der Waals surface area contributed by atoms with Gasteiger partial charge in [0.05, 0.1) is 0 Å². The zero-order valence-electron chi connectivity index (χ0n) is 35.2. The first-order chi connectivity index (χ1) is 25.4. The number of unbranched alkanes of at least 4 members (excludes halogenated alkanes) is 10. The van der Waals surface area contributed by atoms with Gasteiger partial charge in [0.15, 0.2) is 0 Å². The zero-order chi connectivity index (χ0) is 38.1. The number of hydrogen-bond acceptors (Lipinski definition) is 0. The van der Waals surface area contributed by atoms with Gasteiger partial charge in [0.25, 0.3) is 0 Å². The molecule has 0 aliphatic carbocycles. The van der Waals surface area contributed by atoms with Crippen LogP contribution in [0.25, 0.3) is 16.9 Å². The first-order valence-electron chi connectivity index (χ1n) is 21.3. The normalized spacial score (nSPS) is 12.6. The molecular weight excluding hydrogens is 675 g/mol. The average molecular weight is 752 g/mol. The third kappa shape index (κ3) is 14.4. The van der Waals surface area contributed by atoms with E-state index in [2.05, 4.69) is 95.5 Å². The van der Waals surface area contributed by atoms with Gasteiger partial charge in [-0.2, -0.15) is 0 Å². The Morgan fingerprint density at radius 2 is 0.865 bits per heavy atom. The second-order valence-electron chi connectivity index (χ2n) is 14.9. The predicted octanol–water partition coefficient (Wildman–Crippen LogP) is 15.3. The number of rotatable bonds is 24. The van der Waals surface area contributed by atoms with Crippen molar-refractivity contribution >= 4 is 11.4 Å². The first kappa shape index (κ1) is 45.7. The Morgan fingerprint density at radius 3 is 1.19 bits per heavy atom. The molecule has 292 valence electrons. The molecule has 0 bridgehead atoms. The topological polar surface area (TPSA) is 25.3 Å². The molecule has 2 aromatic rings. The predicted molar refractivity (Wildman–Crippen MR) is 227 cm³/mol. The molecular formula is C49H76N2Ni. The molecule has 52 heavy (non-hydrogen) atoms. The summed E-state index contributed by atoms with van der Waals surface area (Å²) in [4.78, 5) is 0. The Bertz CT molecular complexity index is 1420. The summed E-state index contributed by atoms with van der Waals surface area (Å²) in [7, 11) is 0. The molecule has 3 rings (SSSR count). The Labute approximate surface area is 328 Å². The third-order valence-electron chi connectivity index (χ3n) is 10.4. The van der Waals surface area contributed by atoms with E-state index in [4.69, 9.17) is 0 Å². The van der Waals surface area contributed by atoms with Crippen molar-refractivity contribution in [2.45, 2.75) is 202 Å². The maximum absolute atomic E-state index is 12.2. The van der Waals surface area contributed by atoms with Gasteiger partial charge in [-0.05, 0) is 142 Å². The van der Waals surface area contributed by atoms with Crippen molar-refractivity contribution in [3.63, 3.8) is 0 Å². The van der Waals surface area contributed by atoms with Crippen LogP contribution in [0.15, 0.2) is 35.9 Å². The van der Waals surface area contributed by atoms with Gasteiger partial charge in [-0.25, -0.2) is 4.70 Å². The van der Waals surface area contributed by atoms with Gasteiger partial charge in [-0.3, -0.25) is 0 Å². The van der Waals surface area contributed by atoms with E-state index in [0.717, 1.165) is 66.6 Å². The molecule has 0 fully saturated rings. The second kappa shape index (κ2) is 27.2. The van der Waals surface area contributed by atoms with Crippen molar-refractivity contribution in [2.75, 3.05) is 0 Å². The van der Waals surface area contributed by atoms with E-state index in [9.17, 15) is 5.53 Å². The van der Waals surface area contributed by atoms with E-state index >= 15 is 0 Å². The fraction of sp³-hybridized carbons (Fsp3) is 0.633. The molecule has 1 aliphatic rings. The fourth-order valence-corrected chi connectivity index (χ4v) is 7.60. The molecule has 2 aromatic carbocycles. The second-order valence-corrected chi connectivity index (χ2v) is 15.9. The molecule has 0 atom stereocenters. The monoisotopic (exact) mass is 751 g/mol. The van der Waals surface area contributed by atoms with Crippen molar-refractivity contribution in [1.29, 1.82) is 0 Å². The molecule has 0 radical (unpaired) electrons. The van der Waals surface area contributed by atoms with Gasteiger partial charge < -0.3 is 5.53 Å². The van der Waals surface area contributed by atoms with E-state index in [1.165, 1.54) is 130 Å². The summed E-state index contributed by atoms with van der Waals surface area (Å²) in [5.74, 6) is 10.7. The van der Waals surface area contributed by atoms with Crippen molar-refractivity contribution in [2.24, 2.45) is 0 Å². The van der Waals surface area contributed by atoms with Crippen LogP contribution >= 0.6 is 0 Å². The Morgan fingerprint density at radius 1 is 0.519 bits per heavy atom. The van der Waals surface area contributed by atoms with Crippen LogP contribution in [0.2, 0.25) is 11.8 Å². The molecule has 0 spiro atoms. The van der Waals surface area contributed by atoms with E-state index in [1.54, 1.807) is 25.6 Å². The van der Waals surface area contributed by atoms with Crippen LogP contribution in [-0.4, -0.2) is 4.70 Å². The minimum atomic E-state index is 0.856. The summed E-state index contributed by atoms with van der Waals surface area (Å²) in [6.07, 6.45) is 28.6. The van der Waals surface area contributed by atoms with Crippen LogP contribution in [0.3, 0.4) is 0 Å². The van der Waals surface area contributed by atoms with E-state index in [-0.39, 0.29) is 0 Å². The zero-order valence-corrected chi connectivity index (χ0v) is 36.1. The van der Waals surface area contributed by atoms with Gasteiger partial charge in [0, 0.05) is 17.2 Å². The van der Waals surface area contributed by atoms with Crippen LogP contribution in [-0.2, 0) is 53.0 Å². The van der Waals surface area contributed by atoms with Crippen LogP contribution in [0.5, 0.6) is 0 Å². The SMILES string of the molecule is CC#CC1=C(c2cc(CCCCC)c(CCCC)c(CCCCC)c2)[N+](=[N-])C(c2cc(CCCCC)c(CCCC)c(CCCCC)c2)=C1.[CH3][Ni][CH3]. The van der Waals surface area contributed by atoms with Crippen LogP contribution in [0, 0.1) is 11.8 Å². The Hall–Kier alpha value is -2.43. The molecule has 1 aliphatic heterocycles. The van der Waals surface area contributed by atoms with Crippen LogP contribution < -0.4 is 0 Å². The standard InChI is InChI=1S/C47H70N2.2CH3.Ni/c1-8-15-21-26-37-32-42(33-38(27-22-16-9-2)44(37)30-19-12-5)46-36-41(25-14-7)47(49(46)48)43-34-39(28-23-17-10-3)45(31-20-13-6)40(35-43)29-24-18-11-4;;;/h32-36H,8-13,15-24,26-31H2,1-7H3;2*1H3;. The number of nitrogens with zero attached hydrogens (tertiary/aromatic N) is 2. The fourth-order valence-electron chi connectivity index (χ4n) is 7.60. The molecule has 3 heteroatoms. The molecule has 0 unspecified atom stereocenters. The van der Waals surface area contributed by atoms with Crippen molar-refractivity contribution in [1.82, 2.24) is 0 Å². The summed E-state index contributed by atoms with van der Waals surface area (Å²) in [5, 5.41) is 0. The first-order valence-corrected chi connectivity index (χ1v) is 23.3. The van der Waals surface area contributed by atoms with Gasteiger partial charge in [-0.15, -0.1) is 5.92 Å². The third-order valence-corrected chi connectivity index (χ3v) is 10.4. The average Bonchev–Trinajstić information content (AvgIpc) is 3.46. The van der Waals surface area contributed by atoms with Crippen LogP contribution in [0.1, 0.15) is 196 Å². The number of hydrogen-bond donors (Lipinski definition) is 0. The quantitative estimate of drug-likeness (QED) is 0.0442. The van der Waals surface area contributed by atoms with Gasteiger partial charge >= 0.3 is 26.2 Å². The summed E-state index contributed by atoms with van der Waals surface area (Å²) in [6.45, 7) is 15.7. The molecule has 0 N–H and O–H groups in total. The Kier molecular flexibility index (Phi) is 23.9. The minimum absolute atomic E-state index is 0.856. The van der Waals surface area contributed by atoms with Crippen molar-refractivity contribution in [3.05, 3.63) is 86.0 Å². The molecule has 2 nitrogen and oxygen atoms in total. The van der Waals surface area contributed by atoms with Crippen molar-refractivity contribution in [3.8, 4) is 11.8 Å². The molecule has 0 saturated heterocycles. The van der Waals surface area contributed by atoms with Gasteiger partial charge in [0.2, 0.25) is 11.4 Å².